The highest BCUT2D eigenvalue weighted by Crippen LogP contribution is 2.29. The van der Waals surface area contributed by atoms with Gasteiger partial charge in [0, 0.05) is 17.3 Å². The monoisotopic (exact) mass is 297 g/mol. The van der Waals surface area contributed by atoms with Crippen LogP contribution in [0.15, 0.2) is 18.2 Å². The van der Waals surface area contributed by atoms with Crippen molar-refractivity contribution in [3.8, 4) is 5.75 Å². The molecule has 1 N–H and O–H groups in total. The van der Waals surface area contributed by atoms with Crippen LogP contribution in [0.25, 0.3) is 0 Å². The third kappa shape index (κ3) is 3.89. The summed E-state index contributed by atoms with van der Waals surface area (Å²) in [6.45, 7) is 2.10. The highest BCUT2D eigenvalue weighted by atomic mass is 32.2. The highest BCUT2D eigenvalue weighted by molar-refractivity contribution is 7.99. The standard InChI is InChI=1S/C16H24FNOS/c1-11(12-7-8-16(19-2)15(17)9-12)18-13-5-4-6-14(10-13)20-3/h7-9,11,13-14,18H,4-6,10H2,1-3H3. The topological polar surface area (TPSA) is 21.3 Å². The fourth-order valence-corrected chi connectivity index (χ4v) is 3.74. The summed E-state index contributed by atoms with van der Waals surface area (Å²) in [5, 5.41) is 4.41. The summed E-state index contributed by atoms with van der Waals surface area (Å²) >= 11 is 1.96. The molecule has 3 atom stereocenters. The molecule has 0 radical (unpaired) electrons. The van der Waals surface area contributed by atoms with E-state index < -0.39 is 0 Å². The van der Waals surface area contributed by atoms with E-state index in [1.165, 1.54) is 32.8 Å². The molecule has 0 heterocycles. The van der Waals surface area contributed by atoms with Crippen LogP contribution in [-0.4, -0.2) is 24.7 Å². The number of halogens is 1. The highest BCUT2D eigenvalue weighted by Gasteiger charge is 2.22. The van der Waals surface area contributed by atoms with Crippen molar-refractivity contribution in [3.63, 3.8) is 0 Å². The maximum absolute atomic E-state index is 13.7. The van der Waals surface area contributed by atoms with E-state index in [9.17, 15) is 4.39 Å². The van der Waals surface area contributed by atoms with Crippen LogP contribution >= 0.6 is 11.8 Å². The van der Waals surface area contributed by atoms with E-state index in [0.29, 0.717) is 11.8 Å². The van der Waals surface area contributed by atoms with Gasteiger partial charge in [0.1, 0.15) is 0 Å². The SMILES string of the molecule is COc1ccc(C(C)NC2CCCC(SC)C2)cc1F. The van der Waals surface area contributed by atoms with Gasteiger partial charge in [0.15, 0.2) is 11.6 Å². The molecule has 0 bridgehead atoms. The van der Waals surface area contributed by atoms with Crippen molar-refractivity contribution in [2.75, 3.05) is 13.4 Å². The summed E-state index contributed by atoms with van der Waals surface area (Å²) in [5.41, 5.74) is 0.981. The second-order valence-electron chi connectivity index (χ2n) is 5.50. The Labute approximate surface area is 125 Å². The van der Waals surface area contributed by atoms with Crippen LogP contribution in [0.4, 0.5) is 4.39 Å². The largest absolute Gasteiger partial charge is 0.494 e. The first-order chi connectivity index (χ1) is 9.63. The molecule has 1 aromatic carbocycles. The summed E-state index contributed by atoms with van der Waals surface area (Å²) in [5.74, 6) is 0.0188. The van der Waals surface area contributed by atoms with Crippen molar-refractivity contribution < 1.29 is 9.13 Å². The van der Waals surface area contributed by atoms with E-state index in [1.807, 2.05) is 17.8 Å². The molecule has 1 saturated carbocycles. The molecular weight excluding hydrogens is 273 g/mol. The number of ether oxygens (including phenoxy) is 1. The molecule has 2 nitrogen and oxygen atoms in total. The zero-order valence-electron chi connectivity index (χ0n) is 12.5. The van der Waals surface area contributed by atoms with Crippen molar-refractivity contribution in [3.05, 3.63) is 29.6 Å². The number of nitrogens with one attached hydrogen (secondary N) is 1. The summed E-state index contributed by atoms with van der Waals surface area (Å²) in [6.07, 6.45) is 7.23. The van der Waals surface area contributed by atoms with Gasteiger partial charge in [-0.25, -0.2) is 4.39 Å². The molecule has 4 heteroatoms. The van der Waals surface area contributed by atoms with Crippen LogP contribution in [0, 0.1) is 5.82 Å². The Kier molecular flexibility index (Phi) is 5.73. The van der Waals surface area contributed by atoms with Gasteiger partial charge in [-0.3, -0.25) is 0 Å². The zero-order chi connectivity index (χ0) is 14.5. The maximum Gasteiger partial charge on any atom is 0.165 e. The average molecular weight is 297 g/mol. The number of rotatable bonds is 5. The molecular formula is C16H24FNOS. The van der Waals surface area contributed by atoms with Crippen molar-refractivity contribution in [1.82, 2.24) is 5.32 Å². The minimum absolute atomic E-state index is 0.168. The second-order valence-corrected chi connectivity index (χ2v) is 6.64. The summed E-state index contributed by atoms with van der Waals surface area (Å²) < 4.78 is 18.7. The van der Waals surface area contributed by atoms with Gasteiger partial charge >= 0.3 is 0 Å². The fraction of sp³-hybridized carbons (Fsp3) is 0.625. The van der Waals surface area contributed by atoms with Crippen molar-refractivity contribution in [2.45, 2.75) is 49.9 Å². The molecule has 3 unspecified atom stereocenters. The van der Waals surface area contributed by atoms with Crippen LogP contribution in [-0.2, 0) is 0 Å². The van der Waals surface area contributed by atoms with Crippen LogP contribution in [0.5, 0.6) is 5.75 Å². The molecule has 1 fully saturated rings. The summed E-state index contributed by atoms with van der Waals surface area (Å²) in [6, 6.07) is 5.93. The Balaban J connectivity index is 1.97. The third-order valence-corrected chi connectivity index (χ3v) is 5.22. The Bertz CT molecular complexity index is 440. The van der Waals surface area contributed by atoms with Crippen LogP contribution in [0.3, 0.4) is 0 Å². The van der Waals surface area contributed by atoms with Crippen LogP contribution in [0.1, 0.15) is 44.2 Å². The lowest BCUT2D eigenvalue weighted by atomic mass is 9.93. The Hall–Kier alpha value is -0.740. The predicted octanol–water partition coefficient (Wildman–Crippen LogP) is 4.16. The minimum Gasteiger partial charge on any atom is -0.494 e. The van der Waals surface area contributed by atoms with E-state index in [2.05, 4.69) is 18.5 Å². The normalized spacial score (nSPS) is 24.4. The quantitative estimate of drug-likeness (QED) is 0.882. The Morgan fingerprint density at radius 2 is 2.20 bits per heavy atom. The molecule has 2 rings (SSSR count). The molecule has 1 aromatic rings. The van der Waals surface area contributed by atoms with Gasteiger partial charge in [-0.2, -0.15) is 11.8 Å². The Morgan fingerprint density at radius 1 is 1.40 bits per heavy atom. The molecule has 0 spiro atoms. The third-order valence-electron chi connectivity index (χ3n) is 4.12. The van der Waals surface area contributed by atoms with E-state index in [4.69, 9.17) is 4.74 Å². The molecule has 0 aromatic heterocycles. The van der Waals surface area contributed by atoms with Gasteiger partial charge in [-0.05, 0) is 50.1 Å². The molecule has 1 aliphatic rings. The molecule has 0 amide bonds. The van der Waals surface area contributed by atoms with Gasteiger partial charge in [0.25, 0.3) is 0 Å². The second kappa shape index (κ2) is 7.32. The number of hydrogen-bond acceptors (Lipinski definition) is 3. The first-order valence-electron chi connectivity index (χ1n) is 7.26. The van der Waals surface area contributed by atoms with Crippen molar-refractivity contribution in [2.24, 2.45) is 0 Å². The number of hydrogen-bond donors (Lipinski definition) is 1. The predicted molar refractivity (Wildman–Crippen MR) is 84.1 cm³/mol. The molecule has 112 valence electrons. The Morgan fingerprint density at radius 3 is 2.85 bits per heavy atom. The first kappa shape index (κ1) is 15.6. The van der Waals surface area contributed by atoms with Gasteiger partial charge in [-0.15, -0.1) is 0 Å². The van der Waals surface area contributed by atoms with Crippen LogP contribution < -0.4 is 10.1 Å². The van der Waals surface area contributed by atoms with E-state index >= 15 is 0 Å². The van der Waals surface area contributed by atoms with Crippen LogP contribution in [0.2, 0.25) is 0 Å². The fourth-order valence-electron chi connectivity index (χ4n) is 2.91. The lowest BCUT2D eigenvalue weighted by molar-refractivity contribution is 0.351. The minimum atomic E-state index is -0.288. The zero-order valence-corrected chi connectivity index (χ0v) is 13.3. The summed E-state index contributed by atoms with van der Waals surface area (Å²) in [7, 11) is 1.49. The van der Waals surface area contributed by atoms with E-state index in [1.54, 1.807) is 12.1 Å². The first-order valence-corrected chi connectivity index (χ1v) is 8.55. The maximum atomic E-state index is 13.7. The van der Waals surface area contributed by atoms with Gasteiger partial charge in [0.05, 0.1) is 7.11 Å². The van der Waals surface area contributed by atoms with E-state index in [-0.39, 0.29) is 11.9 Å². The molecule has 0 aliphatic heterocycles. The van der Waals surface area contributed by atoms with Crippen molar-refractivity contribution in [1.29, 1.82) is 0 Å². The van der Waals surface area contributed by atoms with Crippen molar-refractivity contribution >= 4 is 11.8 Å². The lowest BCUT2D eigenvalue weighted by Crippen LogP contribution is -2.36. The number of benzene rings is 1. The van der Waals surface area contributed by atoms with Gasteiger partial charge in [-0.1, -0.05) is 12.5 Å². The average Bonchev–Trinajstić information content (AvgIpc) is 2.47. The van der Waals surface area contributed by atoms with Gasteiger partial charge in [0.2, 0.25) is 0 Å². The number of thioether (sulfide) groups is 1. The molecule has 1 aliphatic carbocycles. The molecule has 0 saturated heterocycles. The lowest BCUT2D eigenvalue weighted by Gasteiger charge is -2.31. The summed E-state index contributed by atoms with van der Waals surface area (Å²) in [4.78, 5) is 0. The smallest absolute Gasteiger partial charge is 0.165 e. The number of methoxy groups -OCH3 is 1. The van der Waals surface area contributed by atoms with E-state index in [0.717, 1.165) is 10.8 Å². The molecule has 20 heavy (non-hydrogen) atoms. The van der Waals surface area contributed by atoms with Gasteiger partial charge < -0.3 is 10.1 Å².